The summed E-state index contributed by atoms with van der Waals surface area (Å²) in [6.45, 7) is 10.7. The summed E-state index contributed by atoms with van der Waals surface area (Å²) in [6, 6.07) is 17.0. The number of alkyl carbamates (subject to hydrolysis) is 1. The van der Waals surface area contributed by atoms with Gasteiger partial charge in [-0.2, -0.15) is 0 Å². The zero-order valence-electron chi connectivity index (χ0n) is 19.1. The number of carbonyl (C=O) groups is 2. The Hall–Kier alpha value is -3.02. The Labute approximate surface area is 185 Å². The number of benzene rings is 2. The minimum atomic E-state index is -0.671. The summed E-state index contributed by atoms with van der Waals surface area (Å²) < 4.78 is 5.27. The molecular formula is C25H35N3O3. The number of hydrogen-bond acceptors (Lipinski definition) is 4. The lowest BCUT2D eigenvalue weighted by atomic mass is 10.0. The van der Waals surface area contributed by atoms with Gasteiger partial charge in [0.2, 0.25) is 5.91 Å². The molecule has 0 aliphatic heterocycles. The fraction of sp³-hybridized carbons (Fsp3) is 0.440. The lowest BCUT2D eigenvalue weighted by molar-refractivity contribution is -0.124. The van der Waals surface area contributed by atoms with E-state index in [1.54, 1.807) is 0 Å². The molecule has 0 saturated carbocycles. The Kier molecular flexibility index (Phi) is 9.38. The van der Waals surface area contributed by atoms with Crippen LogP contribution in [0.5, 0.6) is 0 Å². The van der Waals surface area contributed by atoms with E-state index < -0.39 is 12.1 Å². The van der Waals surface area contributed by atoms with Gasteiger partial charge in [0, 0.05) is 18.3 Å². The van der Waals surface area contributed by atoms with Gasteiger partial charge < -0.3 is 20.7 Å². The zero-order chi connectivity index (χ0) is 22.8. The van der Waals surface area contributed by atoms with Gasteiger partial charge in [-0.3, -0.25) is 4.79 Å². The second-order valence-corrected chi connectivity index (χ2v) is 8.53. The molecule has 6 heteroatoms. The molecule has 168 valence electrons. The number of hydrogen-bond donors (Lipinski definition) is 3. The summed E-state index contributed by atoms with van der Waals surface area (Å²) in [5.74, 6) is 0.0118. The molecule has 0 radical (unpaired) electrons. The molecule has 0 spiro atoms. The minimum Gasteiger partial charge on any atom is -0.445 e. The number of carbonyl (C=O) groups excluding carboxylic acids is 2. The van der Waals surface area contributed by atoms with Crippen LogP contribution in [-0.2, 0) is 16.1 Å². The van der Waals surface area contributed by atoms with Crippen molar-refractivity contribution in [2.24, 2.45) is 11.8 Å². The van der Waals surface area contributed by atoms with E-state index in [9.17, 15) is 9.59 Å². The topological polar surface area (TPSA) is 79.5 Å². The van der Waals surface area contributed by atoms with Crippen molar-refractivity contribution in [1.29, 1.82) is 0 Å². The highest BCUT2D eigenvalue weighted by Gasteiger charge is 2.26. The highest BCUT2D eigenvalue weighted by molar-refractivity contribution is 5.85. The molecule has 0 heterocycles. The molecule has 31 heavy (non-hydrogen) atoms. The predicted octanol–water partition coefficient (Wildman–Crippen LogP) is 4.50. The van der Waals surface area contributed by atoms with E-state index in [1.807, 2.05) is 63.2 Å². The van der Waals surface area contributed by atoms with Crippen LogP contribution in [0.3, 0.4) is 0 Å². The van der Waals surface area contributed by atoms with Gasteiger partial charge in [0.05, 0.1) is 0 Å². The number of ether oxygens (including phenoxy) is 1. The van der Waals surface area contributed by atoms with Crippen LogP contribution in [0, 0.1) is 18.8 Å². The number of aryl methyl sites for hydroxylation is 1. The molecule has 0 bridgehead atoms. The van der Waals surface area contributed by atoms with E-state index in [4.69, 9.17) is 4.74 Å². The summed E-state index contributed by atoms with van der Waals surface area (Å²) >= 11 is 0. The van der Waals surface area contributed by atoms with Crippen molar-refractivity contribution < 1.29 is 14.3 Å². The third-order valence-electron chi connectivity index (χ3n) is 5.14. The molecule has 0 aromatic heterocycles. The summed E-state index contributed by atoms with van der Waals surface area (Å²) in [6.07, 6.45) is -0.601. The molecule has 2 aromatic carbocycles. The third-order valence-corrected chi connectivity index (χ3v) is 5.14. The van der Waals surface area contributed by atoms with Crippen molar-refractivity contribution in [2.45, 2.75) is 53.3 Å². The molecule has 0 unspecified atom stereocenters. The smallest absolute Gasteiger partial charge is 0.408 e. The molecular weight excluding hydrogens is 390 g/mol. The van der Waals surface area contributed by atoms with Crippen molar-refractivity contribution in [3.05, 3.63) is 65.7 Å². The van der Waals surface area contributed by atoms with Gasteiger partial charge in [-0.25, -0.2) is 4.79 Å². The van der Waals surface area contributed by atoms with Crippen LogP contribution < -0.4 is 16.0 Å². The Morgan fingerprint density at radius 1 is 0.903 bits per heavy atom. The predicted molar refractivity (Wildman–Crippen MR) is 125 cm³/mol. The Morgan fingerprint density at radius 3 is 2.13 bits per heavy atom. The van der Waals surface area contributed by atoms with Crippen molar-refractivity contribution in [3.63, 3.8) is 0 Å². The fourth-order valence-corrected chi connectivity index (χ4v) is 3.06. The Morgan fingerprint density at radius 2 is 1.55 bits per heavy atom. The molecule has 2 aromatic rings. The molecule has 2 rings (SSSR count). The average molecular weight is 426 g/mol. The summed E-state index contributed by atoms with van der Waals surface area (Å²) in [7, 11) is 0. The van der Waals surface area contributed by atoms with Gasteiger partial charge in [0.15, 0.2) is 0 Å². The lowest BCUT2D eigenvalue weighted by Gasteiger charge is -2.26. The standard InChI is InChI=1S/C25H35N3O3/c1-17(2)22(27-21-13-11-19(5)12-14-21)15-26-24(29)23(18(3)4)28-25(30)31-16-20-9-7-6-8-10-20/h6-14,17-18,22-23,27H,15-16H2,1-5H3,(H,26,29)(H,28,30)/t22-,23+/m1/s1. The minimum absolute atomic E-state index is 0.0597. The third kappa shape index (κ3) is 8.32. The van der Waals surface area contributed by atoms with Crippen LogP contribution in [0.1, 0.15) is 38.8 Å². The monoisotopic (exact) mass is 425 g/mol. The molecule has 3 N–H and O–H groups in total. The van der Waals surface area contributed by atoms with Crippen molar-refractivity contribution in [3.8, 4) is 0 Å². The first kappa shape index (κ1) is 24.3. The number of amides is 2. The van der Waals surface area contributed by atoms with Gasteiger partial charge in [0.25, 0.3) is 0 Å². The molecule has 2 amide bonds. The van der Waals surface area contributed by atoms with E-state index in [0.717, 1.165) is 11.3 Å². The quantitative estimate of drug-likeness (QED) is 0.524. The fourth-order valence-electron chi connectivity index (χ4n) is 3.06. The first-order valence-corrected chi connectivity index (χ1v) is 10.8. The molecule has 0 aliphatic rings. The van der Waals surface area contributed by atoms with Crippen LogP contribution in [0.15, 0.2) is 54.6 Å². The van der Waals surface area contributed by atoms with E-state index in [-0.39, 0.29) is 24.5 Å². The second-order valence-electron chi connectivity index (χ2n) is 8.53. The average Bonchev–Trinajstić information content (AvgIpc) is 2.75. The molecule has 2 atom stereocenters. The van der Waals surface area contributed by atoms with Gasteiger partial charge >= 0.3 is 6.09 Å². The highest BCUT2D eigenvalue weighted by Crippen LogP contribution is 2.14. The SMILES string of the molecule is Cc1ccc(N[C@H](CNC(=O)[C@@H](NC(=O)OCc2ccccc2)C(C)C)C(C)C)cc1. The van der Waals surface area contributed by atoms with Gasteiger partial charge in [-0.1, -0.05) is 75.7 Å². The van der Waals surface area contributed by atoms with Gasteiger partial charge in [0.1, 0.15) is 12.6 Å². The molecule has 0 saturated heterocycles. The van der Waals surface area contributed by atoms with Crippen LogP contribution in [0.2, 0.25) is 0 Å². The maximum Gasteiger partial charge on any atom is 0.408 e. The summed E-state index contributed by atoms with van der Waals surface area (Å²) in [5.41, 5.74) is 3.11. The van der Waals surface area contributed by atoms with Crippen molar-refractivity contribution in [2.75, 3.05) is 11.9 Å². The Bertz CT molecular complexity index is 820. The largest absolute Gasteiger partial charge is 0.445 e. The normalized spacial score (nSPS) is 12.9. The summed E-state index contributed by atoms with van der Waals surface area (Å²) in [5, 5.41) is 9.17. The maximum absolute atomic E-state index is 12.8. The van der Waals surface area contributed by atoms with Crippen LogP contribution >= 0.6 is 0 Å². The van der Waals surface area contributed by atoms with Crippen LogP contribution in [0.25, 0.3) is 0 Å². The van der Waals surface area contributed by atoms with E-state index in [1.165, 1.54) is 5.56 Å². The van der Waals surface area contributed by atoms with Gasteiger partial charge in [-0.15, -0.1) is 0 Å². The van der Waals surface area contributed by atoms with Crippen molar-refractivity contribution >= 4 is 17.7 Å². The number of anilines is 1. The maximum atomic E-state index is 12.8. The zero-order valence-corrected chi connectivity index (χ0v) is 19.1. The van der Waals surface area contributed by atoms with Crippen LogP contribution in [0.4, 0.5) is 10.5 Å². The van der Waals surface area contributed by atoms with E-state index >= 15 is 0 Å². The molecule has 0 fully saturated rings. The molecule has 6 nitrogen and oxygen atoms in total. The second kappa shape index (κ2) is 12.0. The van der Waals surface area contributed by atoms with Crippen molar-refractivity contribution in [1.82, 2.24) is 10.6 Å². The van der Waals surface area contributed by atoms with Gasteiger partial charge in [-0.05, 0) is 36.5 Å². The molecule has 0 aliphatic carbocycles. The van der Waals surface area contributed by atoms with E-state index in [2.05, 4.69) is 41.9 Å². The summed E-state index contributed by atoms with van der Waals surface area (Å²) in [4.78, 5) is 25.0. The lowest BCUT2D eigenvalue weighted by Crippen LogP contribution is -2.52. The Balaban J connectivity index is 1.89. The first-order valence-electron chi connectivity index (χ1n) is 10.8. The van der Waals surface area contributed by atoms with Crippen LogP contribution in [-0.4, -0.2) is 30.6 Å². The number of rotatable bonds is 10. The first-order chi connectivity index (χ1) is 14.8. The number of nitrogens with one attached hydrogen (secondary N) is 3. The van der Waals surface area contributed by atoms with E-state index in [0.29, 0.717) is 12.5 Å². The highest BCUT2D eigenvalue weighted by atomic mass is 16.5.